The largest absolute Gasteiger partial charge is 0.379 e. The van der Waals surface area contributed by atoms with Crippen LogP contribution in [-0.2, 0) is 4.74 Å². The average Bonchev–Trinajstić information content (AvgIpc) is 3.24. The molecule has 2 aliphatic rings. The lowest BCUT2D eigenvalue weighted by atomic mass is 10.2. The predicted molar refractivity (Wildman–Crippen MR) is 87.8 cm³/mol. The second-order valence-electron chi connectivity index (χ2n) is 6.25. The standard InChI is InChI=1S/C16H32N4O/c1-4-6-14-11-15(14)19-16(17-5-2)18-12-13(3)20-7-9-21-10-8-20/h13-15H,4-12H2,1-3H3,(H2,17,18,19). The summed E-state index contributed by atoms with van der Waals surface area (Å²) in [5.41, 5.74) is 0. The summed E-state index contributed by atoms with van der Waals surface area (Å²) in [6.45, 7) is 12.2. The van der Waals surface area contributed by atoms with Crippen molar-refractivity contribution in [3.63, 3.8) is 0 Å². The summed E-state index contributed by atoms with van der Waals surface area (Å²) < 4.78 is 5.41. The molecular weight excluding hydrogens is 264 g/mol. The Hall–Kier alpha value is -0.810. The van der Waals surface area contributed by atoms with Crippen LogP contribution in [0.3, 0.4) is 0 Å². The Morgan fingerprint density at radius 2 is 2.10 bits per heavy atom. The Balaban J connectivity index is 1.77. The summed E-state index contributed by atoms with van der Waals surface area (Å²) in [6, 6.07) is 1.12. The quantitative estimate of drug-likeness (QED) is 0.551. The second kappa shape index (κ2) is 8.59. The monoisotopic (exact) mass is 296 g/mol. The minimum absolute atomic E-state index is 0.481. The fraction of sp³-hybridized carbons (Fsp3) is 0.938. The van der Waals surface area contributed by atoms with Gasteiger partial charge in [0.25, 0.3) is 0 Å². The van der Waals surface area contributed by atoms with E-state index in [4.69, 9.17) is 9.73 Å². The summed E-state index contributed by atoms with van der Waals surface area (Å²) in [6.07, 6.45) is 3.92. The Morgan fingerprint density at radius 1 is 1.33 bits per heavy atom. The topological polar surface area (TPSA) is 48.9 Å². The number of nitrogens with one attached hydrogen (secondary N) is 2. The molecule has 3 unspecified atom stereocenters. The highest BCUT2D eigenvalue weighted by molar-refractivity contribution is 5.80. The minimum atomic E-state index is 0.481. The fourth-order valence-electron chi connectivity index (χ4n) is 2.97. The van der Waals surface area contributed by atoms with Crippen LogP contribution in [0.4, 0.5) is 0 Å². The lowest BCUT2D eigenvalue weighted by Crippen LogP contribution is -2.45. The molecule has 2 fully saturated rings. The molecule has 1 saturated heterocycles. The molecule has 0 amide bonds. The van der Waals surface area contributed by atoms with Crippen molar-refractivity contribution in [3.05, 3.63) is 0 Å². The van der Waals surface area contributed by atoms with E-state index < -0.39 is 0 Å². The van der Waals surface area contributed by atoms with Gasteiger partial charge in [0, 0.05) is 31.7 Å². The summed E-state index contributed by atoms with van der Waals surface area (Å²) in [5.74, 6) is 1.84. The minimum Gasteiger partial charge on any atom is -0.379 e. The molecule has 2 rings (SSSR count). The molecule has 21 heavy (non-hydrogen) atoms. The Kier molecular flexibility index (Phi) is 6.77. The number of hydrogen-bond acceptors (Lipinski definition) is 3. The fourth-order valence-corrected chi connectivity index (χ4v) is 2.97. The molecule has 1 aliphatic heterocycles. The average molecular weight is 296 g/mol. The second-order valence-corrected chi connectivity index (χ2v) is 6.25. The summed E-state index contributed by atoms with van der Waals surface area (Å²) in [5, 5.41) is 6.95. The van der Waals surface area contributed by atoms with Crippen molar-refractivity contribution in [1.82, 2.24) is 15.5 Å². The van der Waals surface area contributed by atoms with Gasteiger partial charge < -0.3 is 15.4 Å². The van der Waals surface area contributed by atoms with Crippen molar-refractivity contribution >= 4 is 5.96 Å². The first kappa shape index (κ1) is 16.6. The van der Waals surface area contributed by atoms with Gasteiger partial charge in [0.2, 0.25) is 0 Å². The van der Waals surface area contributed by atoms with Crippen LogP contribution >= 0.6 is 0 Å². The summed E-state index contributed by atoms with van der Waals surface area (Å²) in [7, 11) is 0. The molecule has 0 aromatic carbocycles. The van der Waals surface area contributed by atoms with E-state index in [1.54, 1.807) is 0 Å². The zero-order valence-corrected chi connectivity index (χ0v) is 13.9. The van der Waals surface area contributed by atoms with Gasteiger partial charge in [0.1, 0.15) is 0 Å². The van der Waals surface area contributed by atoms with Gasteiger partial charge in [-0.1, -0.05) is 13.3 Å². The highest BCUT2D eigenvalue weighted by Crippen LogP contribution is 2.34. The first-order chi connectivity index (χ1) is 10.2. The smallest absolute Gasteiger partial charge is 0.191 e. The number of ether oxygens (including phenoxy) is 1. The van der Waals surface area contributed by atoms with E-state index in [2.05, 4.69) is 36.3 Å². The molecule has 1 aliphatic carbocycles. The van der Waals surface area contributed by atoms with Gasteiger partial charge >= 0.3 is 0 Å². The zero-order chi connectivity index (χ0) is 15.1. The highest BCUT2D eigenvalue weighted by Gasteiger charge is 2.36. The highest BCUT2D eigenvalue weighted by atomic mass is 16.5. The third-order valence-corrected chi connectivity index (χ3v) is 4.43. The molecule has 122 valence electrons. The first-order valence-electron chi connectivity index (χ1n) is 8.61. The van der Waals surface area contributed by atoms with Gasteiger partial charge in [-0.3, -0.25) is 9.89 Å². The van der Waals surface area contributed by atoms with Crippen LogP contribution in [0.25, 0.3) is 0 Å². The third kappa shape index (κ3) is 5.47. The lowest BCUT2D eigenvalue weighted by Gasteiger charge is -2.31. The van der Waals surface area contributed by atoms with E-state index in [1.165, 1.54) is 19.3 Å². The molecule has 0 aromatic rings. The SMILES string of the molecule is CCCC1CC1NC(=NCC(C)N1CCOCC1)NCC. The van der Waals surface area contributed by atoms with Crippen LogP contribution in [0.15, 0.2) is 4.99 Å². The Labute approximate surface area is 129 Å². The maximum absolute atomic E-state index is 5.41. The van der Waals surface area contributed by atoms with Crippen LogP contribution in [0, 0.1) is 5.92 Å². The molecular formula is C16H32N4O. The van der Waals surface area contributed by atoms with E-state index in [1.807, 2.05) is 0 Å². The molecule has 2 N–H and O–H groups in total. The van der Waals surface area contributed by atoms with Crippen molar-refractivity contribution in [3.8, 4) is 0 Å². The van der Waals surface area contributed by atoms with E-state index in [9.17, 15) is 0 Å². The maximum Gasteiger partial charge on any atom is 0.191 e. The molecule has 0 spiro atoms. The molecule has 0 bridgehead atoms. The predicted octanol–water partition coefficient (Wildman–Crippen LogP) is 1.45. The number of guanidine groups is 1. The molecule has 0 radical (unpaired) electrons. The summed E-state index contributed by atoms with van der Waals surface area (Å²) in [4.78, 5) is 7.24. The molecule has 3 atom stereocenters. The van der Waals surface area contributed by atoms with Crippen molar-refractivity contribution in [2.45, 2.75) is 52.1 Å². The van der Waals surface area contributed by atoms with Crippen molar-refractivity contribution < 1.29 is 4.74 Å². The Morgan fingerprint density at radius 3 is 2.76 bits per heavy atom. The Bertz CT molecular complexity index is 328. The van der Waals surface area contributed by atoms with Gasteiger partial charge in [-0.25, -0.2) is 0 Å². The molecule has 5 nitrogen and oxygen atoms in total. The number of morpholine rings is 1. The van der Waals surface area contributed by atoms with Crippen LogP contribution in [0.5, 0.6) is 0 Å². The third-order valence-electron chi connectivity index (χ3n) is 4.43. The lowest BCUT2D eigenvalue weighted by molar-refractivity contribution is 0.0220. The number of aliphatic imine (C=N–C) groups is 1. The zero-order valence-electron chi connectivity index (χ0n) is 13.9. The number of rotatable bonds is 7. The van der Waals surface area contributed by atoms with E-state index >= 15 is 0 Å². The van der Waals surface area contributed by atoms with E-state index in [0.717, 1.165) is 51.3 Å². The maximum atomic E-state index is 5.41. The van der Waals surface area contributed by atoms with Crippen LogP contribution in [0.2, 0.25) is 0 Å². The molecule has 5 heteroatoms. The van der Waals surface area contributed by atoms with Gasteiger partial charge in [-0.2, -0.15) is 0 Å². The van der Waals surface area contributed by atoms with Crippen LogP contribution in [0.1, 0.15) is 40.0 Å². The first-order valence-corrected chi connectivity index (χ1v) is 8.61. The van der Waals surface area contributed by atoms with Crippen molar-refractivity contribution in [2.24, 2.45) is 10.9 Å². The molecule has 1 heterocycles. The van der Waals surface area contributed by atoms with Crippen LogP contribution < -0.4 is 10.6 Å². The number of nitrogens with zero attached hydrogens (tertiary/aromatic N) is 2. The molecule has 1 saturated carbocycles. The van der Waals surface area contributed by atoms with Crippen molar-refractivity contribution in [1.29, 1.82) is 0 Å². The van der Waals surface area contributed by atoms with Gasteiger partial charge in [-0.05, 0) is 32.6 Å². The summed E-state index contributed by atoms with van der Waals surface area (Å²) >= 11 is 0. The van der Waals surface area contributed by atoms with Gasteiger partial charge in [-0.15, -0.1) is 0 Å². The van der Waals surface area contributed by atoms with Crippen molar-refractivity contribution in [2.75, 3.05) is 39.4 Å². The van der Waals surface area contributed by atoms with Crippen LogP contribution in [-0.4, -0.2) is 62.3 Å². The van der Waals surface area contributed by atoms with E-state index in [-0.39, 0.29) is 0 Å². The van der Waals surface area contributed by atoms with Gasteiger partial charge in [0.05, 0.1) is 19.8 Å². The van der Waals surface area contributed by atoms with Gasteiger partial charge in [0.15, 0.2) is 5.96 Å². The van der Waals surface area contributed by atoms with E-state index in [0.29, 0.717) is 12.1 Å². The molecule has 0 aromatic heterocycles. The number of hydrogen-bond donors (Lipinski definition) is 2. The normalized spacial score (nSPS) is 28.2.